The Balaban J connectivity index is 2.54. The number of hydrogen-bond donors (Lipinski definition) is 6. The molecule has 6 N–H and O–H groups in total. The summed E-state index contributed by atoms with van der Waals surface area (Å²) in [6, 6.07) is 0. The number of rotatable bonds is 36. The van der Waals surface area contributed by atoms with Crippen LogP contribution in [0.15, 0.2) is 122 Å². The minimum atomic E-state index is -5.15. The summed E-state index contributed by atoms with van der Waals surface area (Å²) in [4.78, 5) is 35.7. The summed E-state index contributed by atoms with van der Waals surface area (Å²) in [5.41, 5.74) is 0. The predicted octanol–water partition coefficient (Wildman–Crippen LogP) is 9.39. The molecule has 1 rings (SSSR count). The van der Waals surface area contributed by atoms with Crippen molar-refractivity contribution in [3.05, 3.63) is 122 Å². The Labute approximate surface area is 388 Å². The van der Waals surface area contributed by atoms with E-state index in [2.05, 4.69) is 123 Å². The van der Waals surface area contributed by atoms with Crippen LogP contribution in [0, 0.1) is 0 Å². The molecule has 0 saturated heterocycles. The fraction of sp³-hybridized carbons (Fsp3) is 0.569. The largest absolute Gasteiger partial charge is 0.472 e. The zero-order valence-corrected chi connectivity index (χ0v) is 39.6. The van der Waals surface area contributed by atoms with Gasteiger partial charge in [-0.2, -0.15) is 0 Å². The van der Waals surface area contributed by atoms with E-state index in [4.69, 9.17) is 18.5 Å². The summed E-state index contributed by atoms with van der Waals surface area (Å²) < 4.78 is 33.5. The van der Waals surface area contributed by atoms with Crippen molar-refractivity contribution in [3.63, 3.8) is 0 Å². The Kier molecular flexibility index (Phi) is 35.9. The predicted molar refractivity (Wildman–Crippen MR) is 257 cm³/mol. The van der Waals surface area contributed by atoms with Crippen LogP contribution in [-0.4, -0.2) is 98.3 Å². The summed E-state index contributed by atoms with van der Waals surface area (Å²) in [5.74, 6) is -1.22. The molecule has 13 nitrogen and oxygen atoms in total. The van der Waals surface area contributed by atoms with Gasteiger partial charge in [0.25, 0.3) is 0 Å². The van der Waals surface area contributed by atoms with Crippen molar-refractivity contribution in [2.24, 2.45) is 0 Å². The first-order valence-electron chi connectivity index (χ1n) is 23.3. The average Bonchev–Trinajstić information content (AvgIpc) is 3.29. The lowest BCUT2D eigenvalue weighted by atomic mass is 9.85. The van der Waals surface area contributed by atoms with Gasteiger partial charge in [0.2, 0.25) is 0 Å². The van der Waals surface area contributed by atoms with E-state index in [1.807, 2.05) is 12.2 Å². The van der Waals surface area contributed by atoms with Crippen molar-refractivity contribution in [1.82, 2.24) is 0 Å². The molecule has 0 aromatic heterocycles. The Hall–Kier alpha value is -3.75. The molecule has 65 heavy (non-hydrogen) atoms. The molecule has 0 aromatic rings. The van der Waals surface area contributed by atoms with Crippen LogP contribution in [0.5, 0.6) is 0 Å². The van der Waals surface area contributed by atoms with Crippen molar-refractivity contribution in [3.8, 4) is 0 Å². The maximum Gasteiger partial charge on any atom is 0.472 e. The van der Waals surface area contributed by atoms with Gasteiger partial charge in [0, 0.05) is 12.8 Å². The molecule has 1 fully saturated rings. The maximum absolute atomic E-state index is 12.8. The SMILES string of the molecule is CC/C=C/C/C=C/C/C=C/C/C=C/C/C=C/CCCCCC(=O)O[C@H](COC(=O)CCC/C=C/C/C=C/C/C=C/C/C=C/C/C=C/CC)COP(=O)(O)OC1C(O)C(O)C(O)[C@@H](O)C1O. The summed E-state index contributed by atoms with van der Waals surface area (Å²) in [6.45, 7) is 2.98. The highest BCUT2D eigenvalue weighted by Gasteiger charge is 2.51. The van der Waals surface area contributed by atoms with Gasteiger partial charge in [-0.05, 0) is 96.3 Å². The average molecular weight is 931 g/mol. The van der Waals surface area contributed by atoms with Crippen LogP contribution in [0.25, 0.3) is 0 Å². The lowest BCUT2D eigenvalue weighted by Gasteiger charge is -2.41. The third-order valence-electron chi connectivity index (χ3n) is 9.80. The van der Waals surface area contributed by atoms with Crippen molar-refractivity contribution in [2.45, 2.75) is 172 Å². The monoisotopic (exact) mass is 931 g/mol. The number of esters is 2. The zero-order valence-electron chi connectivity index (χ0n) is 38.7. The molecule has 1 saturated carbocycles. The van der Waals surface area contributed by atoms with Crippen molar-refractivity contribution < 1.29 is 63.1 Å². The van der Waals surface area contributed by atoms with Gasteiger partial charge >= 0.3 is 19.8 Å². The molecule has 0 amide bonds. The number of phosphoric acid groups is 1. The number of ether oxygens (including phenoxy) is 2. The Morgan fingerprint density at radius 1 is 0.477 bits per heavy atom. The first-order valence-corrected chi connectivity index (χ1v) is 24.8. The molecule has 366 valence electrons. The van der Waals surface area contributed by atoms with Crippen LogP contribution >= 0.6 is 7.82 Å². The molecular formula is C51H79O13P. The molecular weight excluding hydrogens is 852 g/mol. The van der Waals surface area contributed by atoms with Crippen molar-refractivity contribution in [2.75, 3.05) is 13.2 Å². The Morgan fingerprint density at radius 2 is 0.846 bits per heavy atom. The molecule has 6 unspecified atom stereocenters. The van der Waals surface area contributed by atoms with E-state index in [1.54, 1.807) is 0 Å². The van der Waals surface area contributed by atoms with Crippen LogP contribution in [0.1, 0.15) is 129 Å². The molecule has 8 atom stereocenters. The third-order valence-corrected chi connectivity index (χ3v) is 10.8. The highest BCUT2D eigenvalue weighted by Crippen LogP contribution is 2.47. The molecule has 0 heterocycles. The Bertz CT molecular complexity index is 1590. The molecule has 14 heteroatoms. The van der Waals surface area contributed by atoms with Crippen molar-refractivity contribution >= 4 is 19.8 Å². The highest BCUT2D eigenvalue weighted by atomic mass is 31.2. The number of aliphatic hydroxyl groups excluding tert-OH is 5. The van der Waals surface area contributed by atoms with E-state index in [1.165, 1.54) is 0 Å². The van der Waals surface area contributed by atoms with E-state index < -0.39 is 75.7 Å². The first kappa shape index (κ1) is 59.3. The summed E-state index contributed by atoms with van der Waals surface area (Å²) in [6.07, 6.45) is 42.5. The minimum Gasteiger partial charge on any atom is -0.462 e. The van der Waals surface area contributed by atoms with E-state index >= 15 is 0 Å². The van der Waals surface area contributed by atoms with Gasteiger partial charge in [0.05, 0.1) is 6.61 Å². The fourth-order valence-corrected chi connectivity index (χ4v) is 7.08. The second-order valence-electron chi connectivity index (χ2n) is 15.5. The topological polar surface area (TPSA) is 210 Å². The normalized spacial score (nSPS) is 22.5. The number of carbonyl (C=O) groups is 2. The smallest absolute Gasteiger partial charge is 0.462 e. The van der Waals surface area contributed by atoms with Gasteiger partial charge in [-0.15, -0.1) is 0 Å². The van der Waals surface area contributed by atoms with E-state index in [-0.39, 0.29) is 12.8 Å². The fourth-order valence-electron chi connectivity index (χ4n) is 6.11. The third kappa shape index (κ3) is 31.7. The van der Waals surface area contributed by atoms with Crippen LogP contribution in [-0.2, 0) is 32.7 Å². The van der Waals surface area contributed by atoms with Gasteiger partial charge in [0.15, 0.2) is 6.10 Å². The van der Waals surface area contributed by atoms with E-state index in [0.717, 1.165) is 83.5 Å². The highest BCUT2D eigenvalue weighted by molar-refractivity contribution is 7.47. The second-order valence-corrected chi connectivity index (χ2v) is 16.9. The lowest BCUT2D eigenvalue weighted by Crippen LogP contribution is -2.64. The quantitative estimate of drug-likeness (QED) is 0.0150. The molecule has 1 aliphatic rings. The number of allylic oxidation sites excluding steroid dienone is 20. The standard InChI is InChI=1S/C51H79O13P/c1-3-5-7-9-11-13-15-17-19-21-22-24-26-28-30-32-34-36-38-40-45(53)63-43(42-62-65(59,60)64-51-49(57)47(55)46(54)48(56)50(51)58)41-61-44(52)39-37-35-33-31-29-27-25-23-20-18-16-14-12-10-8-6-4-2/h5-8,11-14,17-20,22,24-25,27-28,30-31,33,43,46-51,54-58H,3-4,9-10,15-16,21,23,26,29,32,34-42H2,1-2H3,(H,59,60)/b7-5+,8-6+,13-11+,14-12+,19-17+,20-18+,24-22+,27-25+,30-28+,33-31+/t43-,46?,47-,48?,49?,50?,51?/m1/s1. The molecule has 0 aliphatic heterocycles. The number of hydrogen-bond acceptors (Lipinski definition) is 12. The van der Waals surface area contributed by atoms with Crippen LogP contribution in [0.2, 0.25) is 0 Å². The maximum atomic E-state index is 12.8. The summed E-state index contributed by atoms with van der Waals surface area (Å²) >= 11 is 0. The first-order chi connectivity index (χ1) is 31.4. The molecule has 1 aliphatic carbocycles. The Morgan fingerprint density at radius 3 is 1.28 bits per heavy atom. The van der Waals surface area contributed by atoms with Crippen LogP contribution < -0.4 is 0 Å². The minimum absolute atomic E-state index is 0.0369. The van der Waals surface area contributed by atoms with E-state index in [9.17, 15) is 44.6 Å². The van der Waals surface area contributed by atoms with Crippen molar-refractivity contribution in [1.29, 1.82) is 0 Å². The van der Waals surface area contributed by atoms with Crippen LogP contribution in [0.4, 0.5) is 0 Å². The van der Waals surface area contributed by atoms with E-state index in [0.29, 0.717) is 19.3 Å². The summed E-state index contributed by atoms with van der Waals surface area (Å²) in [7, 11) is -5.15. The number of aliphatic hydroxyl groups is 5. The molecule has 0 spiro atoms. The second kappa shape index (κ2) is 39.4. The zero-order chi connectivity index (χ0) is 47.8. The number of phosphoric ester groups is 1. The van der Waals surface area contributed by atoms with Gasteiger partial charge in [-0.25, -0.2) is 4.57 Å². The molecule has 0 aromatic carbocycles. The molecule has 0 radical (unpaired) electrons. The van der Waals surface area contributed by atoms with Crippen LogP contribution in [0.3, 0.4) is 0 Å². The van der Waals surface area contributed by atoms with Gasteiger partial charge in [-0.1, -0.05) is 142 Å². The van der Waals surface area contributed by atoms with Gasteiger partial charge in [-0.3, -0.25) is 18.6 Å². The number of carbonyl (C=O) groups excluding carboxylic acids is 2. The molecule has 0 bridgehead atoms. The summed E-state index contributed by atoms with van der Waals surface area (Å²) in [5, 5.41) is 50.2. The number of unbranched alkanes of at least 4 members (excludes halogenated alkanes) is 4. The lowest BCUT2D eigenvalue weighted by molar-refractivity contribution is -0.220. The van der Waals surface area contributed by atoms with Gasteiger partial charge in [0.1, 0.15) is 43.2 Å². The van der Waals surface area contributed by atoms with Gasteiger partial charge < -0.3 is 39.9 Å².